The molecule has 1 amide bonds. The molecule has 0 fully saturated rings. The van der Waals surface area contributed by atoms with E-state index in [0.717, 1.165) is 10.2 Å². The van der Waals surface area contributed by atoms with Crippen LogP contribution in [0.4, 0.5) is 0 Å². The van der Waals surface area contributed by atoms with Crippen molar-refractivity contribution in [2.45, 2.75) is 6.54 Å². The molecule has 2 N–H and O–H groups in total. The molecule has 0 aliphatic carbocycles. The van der Waals surface area contributed by atoms with Crippen LogP contribution in [0, 0.1) is 0 Å². The molecule has 0 radical (unpaired) electrons. The van der Waals surface area contributed by atoms with Crippen LogP contribution in [0.2, 0.25) is 0 Å². The van der Waals surface area contributed by atoms with Crippen molar-refractivity contribution in [1.29, 1.82) is 0 Å². The number of carbonyl (C=O) groups is 1. The highest BCUT2D eigenvalue weighted by Gasteiger charge is 2.03. The van der Waals surface area contributed by atoms with E-state index in [9.17, 15) is 4.79 Å². The number of likely N-dealkylation sites (N-methyl/N-ethyl adjacent to an activating group) is 1. The van der Waals surface area contributed by atoms with Crippen LogP contribution in [0.5, 0.6) is 0 Å². The second kappa shape index (κ2) is 5.07. The molecule has 0 saturated heterocycles. The quantitative estimate of drug-likeness (QED) is 0.867. The molecule has 0 aliphatic rings. The highest BCUT2D eigenvalue weighted by molar-refractivity contribution is 9.10. The number of amides is 1. The third kappa shape index (κ3) is 3.85. The molecule has 1 rings (SSSR count). The molecular weight excluding hydrogens is 246 g/mol. The van der Waals surface area contributed by atoms with E-state index in [4.69, 9.17) is 5.73 Å². The van der Waals surface area contributed by atoms with Gasteiger partial charge in [0, 0.05) is 17.2 Å². The number of hydrogen-bond acceptors (Lipinski definition) is 3. The molecule has 5 heteroatoms. The predicted octanol–water partition coefficient (Wildman–Crippen LogP) is 0.761. The maximum Gasteiger partial charge on any atom is 0.231 e. The SMILES string of the molecule is CN(CC(N)=O)Cc1ccc(Br)cn1. The Hall–Kier alpha value is -0.940. The highest BCUT2D eigenvalue weighted by atomic mass is 79.9. The maximum atomic E-state index is 10.6. The average Bonchev–Trinajstić information content (AvgIpc) is 2.07. The molecule has 0 saturated carbocycles. The van der Waals surface area contributed by atoms with E-state index in [1.165, 1.54) is 0 Å². The second-order valence-electron chi connectivity index (χ2n) is 3.11. The summed E-state index contributed by atoms with van der Waals surface area (Å²) in [6, 6.07) is 3.82. The van der Waals surface area contributed by atoms with Crippen molar-refractivity contribution >= 4 is 21.8 Å². The summed E-state index contributed by atoms with van der Waals surface area (Å²) >= 11 is 3.30. The van der Waals surface area contributed by atoms with Crippen LogP contribution >= 0.6 is 15.9 Å². The summed E-state index contributed by atoms with van der Waals surface area (Å²) in [5.74, 6) is -0.329. The molecule has 0 bridgehead atoms. The minimum Gasteiger partial charge on any atom is -0.369 e. The Morgan fingerprint density at radius 2 is 2.36 bits per heavy atom. The lowest BCUT2D eigenvalue weighted by Crippen LogP contribution is -2.30. The summed E-state index contributed by atoms with van der Waals surface area (Å²) in [4.78, 5) is 16.6. The van der Waals surface area contributed by atoms with Crippen molar-refractivity contribution in [3.05, 3.63) is 28.5 Å². The monoisotopic (exact) mass is 257 g/mol. The van der Waals surface area contributed by atoms with Crippen LogP contribution in [-0.4, -0.2) is 29.4 Å². The molecule has 1 aromatic heterocycles. The standard InChI is InChI=1S/C9H12BrN3O/c1-13(6-9(11)14)5-8-3-2-7(10)4-12-8/h2-4H,5-6H2,1H3,(H2,11,14). The van der Waals surface area contributed by atoms with Crippen molar-refractivity contribution < 1.29 is 4.79 Å². The molecular formula is C9H12BrN3O. The van der Waals surface area contributed by atoms with E-state index in [-0.39, 0.29) is 12.5 Å². The fraction of sp³-hybridized carbons (Fsp3) is 0.333. The van der Waals surface area contributed by atoms with E-state index >= 15 is 0 Å². The molecule has 0 aliphatic heterocycles. The van der Waals surface area contributed by atoms with Gasteiger partial charge in [-0.05, 0) is 35.1 Å². The van der Waals surface area contributed by atoms with Gasteiger partial charge in [-0.15, -0.1) is 0 Å². The van der Waals surface area contributed by atoms with Crippen molar-refractivity contribution in [3.63, 3.8) is 0 Å². The van der Waals surface area contributed by atoms with E-state index < -0.39 is 0 Å². The van der Waals surface area contributed by atoms with Gasteiger partial charge in [0.05, 0.1) is 12.2 Å². The first-order chi connectivity index (χ1) is 6.58. The summed E-state index contributed by atoms with van der Waals surface area (Å²) in [6.45, 7) is 0.869. The largest absolute Gasteiger partial charge is 0.369 e. The van der Waals surface area contributed by atoms with Crippen LogP contribution in [0.3, 0.4) is 0 Å². The van der Waals surface area contributed by atoms with E-state index in [1.807, 2.05) is 24.1 Å². The molecule has 1 heterocycles. The number of pyridine rings is 1. The molecule has 0 atom stereocenters. The van der Waals surface area contributed by atoms with Gasteiger partial charge in [-0.25, -0.2) is 0 Å². The number of halogens is 1. The number of primary amides is 1. The number of nitrogens with two attached hydrogens (primary N) is 1. The van der Waals surface area contributed by atoms with Gasteiger partial charge in [0.25, 0.3) is 0 Å². The second-order valence-corrected chi connectivity index (χ2v) is 4.02. The zero-order valence-electron chi connectivity index (χ0n) is 7.90. The number of nitrogens with zero attached hydrogens (tertiary/aromatic N) is 2. The Morgan fingerprint density at radius 3 is 2.86 bits per heavy atom. The Kier molecular flexibility index (Phi) is 4.03. The number of rotatable bonds is 4. The van der Waals surface area contributed by atoms with Crippen molar-refractivity contribution in [2.24, 2.45) is 5.73 Å². The minimum atomic E-state index is -0.329. The summed E-state index contributed by atoms with van der Waals surface area (Å²) in [5, 5.41) is 0. The first-order valence-corrected chi connectivity index (χ1v) is 4.94. The Morgan fingerprint density at radius 1 is 1.64 bits per heavy atom. The van der Waals surface area contributed by atoms with Gasteiger partial charge in [0.15, 0.2) is 0 Å². The lowest BCUT2D eigenvalue weighted by Gasteiger charge is -2.13. The van der Waals surface area contributed by atoms with E-state index in [2.05, 4.69) is 20.9 Å². The Bertz CT molecular complexity index is 312. The highest BCUT2D eigenvalue weighted by Crippen LogP contribution is 2.08. The van der Waals surface area contributed by atoms with E-state index in [0.29, 0.717) is 6.54 Å². The lowest BCUT2D eigenvalue weighted by atomic mass is 10.3. The first kappa shape index (κ1) is 11.1. The molecule has 0 spiro atoms. The number of aromatic nitrogens is 1. The van der Waals surface area contributed by atoms with Crippen LogP contribution in [0.15, 0.2) is 22.8 Å². The maximum absolute atomic E-state index is 10.6. The molecule has 14 heavy (non-hydrogen) atoms. The van der Waals surface area contributed by atoms with Gasteiger partial charge < -0.3 is 5.73 Å². The summed E-state index contributed by atoms with van der Waals surface area (Å²) in [6.07, 6.45) is 1.73. The van der Waals surface area contributed by atoms with Gasteiger partial charge >= 0.3 is 0 Å². The lowest BCUT2D eigenvalue weighted by molar-refractivity contribution is -0.118. The zero-order chi connectivity index (χ0) is 10.6. The van der Waals surface area contributed by atoms with Crippen molar-refractivity contribution in [1.82, 2.24) is 9.88 Å². The van der Waals surface area contributed by atoms with Crippen LogP contribution < -0.4 is 5.73 Å². The van der Waals surface area contributed by atoms with Gasteiger partial charge in [0.1, 0.15) is 0 Å². The molecule has 4 nitrogen and oxygen atoms in total. The molecule has 76 valence electrons. The zero-order valence-corrected chi connectivity index (χ0v) is 9.49. The van der Waals surface area contributed by atoms with Crippen LogP contribution in [0.25, 0.3) is 0 Å². The number of carbonyl (C=O) groups excluding carboxylic acids is 1. The normalized spacial score (nSPS) is 10.5. The summed E-state index contributed by atoms with van der Waals surface area (Å²) < 4.78 is 0.943. The van der Waals surface area contributed by atoms with E-state index in [1.54, 1.807) is 6.20 Å². The predicted molar refractivity (Wildman–Crippen MR) is 57.5 cm³/mol. The minimum absolute atomic E-state index is 0.248. The van der Waals surface area contributed by atoms with Gasteiger partial charge in [-0.1, -0.05) is 0 Å². The third-order valence-corrected chi connectivity index (χ3v) is 2.12. The fourth-order valence-electron chi connectivity index (χ4n) is 1.10. The Labute approximate surface area is 91.2 Å². The molecule has 0 unspecified atom stereocenters. The average molecular weight is 258 g/mol. The smallest absolute Gasteiger partial charge is 0.231 e. The third-order valence-electron chi connectivity index (χ3n) is 1.65. The van der Waals surface area contributed by atoms with Gasteiger partial charge in [0.2, 0.25) is 5.91 Å². The summed E-state index contributed by atoms with van der Waals surface area (Å²) in [5.41, 5.74) is 5.98. The Balaban J connectivity index is 2.51. The topological polar surface area (TPSA) is 59.2 Å². The number of hydrogen-bond donors (Lipinski definition) is 1. The van der Waals surface area contributed by atoms with Crippen LogP contribution in [0.1, 0.15) is 5.69 Å². The van der Waals surface area contributed by atoms with Gasteiger partial charge in [-0.3, -0.25) is 14.7 Å². The summed E-state index contributed by atoms with van der Waals surface area (Å²) in [7, 11) is 1.83. The first-order valence-electron chi connectivity index (χ1n) is 4.15. The fourth-order valence-corrected chi connectivity index (χ4v) is 1.33. The molecule has 1 aromatic rings. The van der Waals surface area contributed by atoms with Crippen molar-refractivity contribution in [3.8, 4) is 0 Å². The van der Waals surface area contributed by atoms with Gasteiger partial charge in [-0.2, -0.15) is 0 Å². The van der Waals surface area contributed by atoms with Crippen molar-refractivity contribution in [2.75, 3.05) is 13.6 Å². The molecule has 0 aromatic carbocycles. The van der Waals surface area contributed by atoms with Crippen LogP contribution in [-0.2, 0) is 11.3 Å².